The van der Waals surface area contributed by atoms with Crippen LogP contribution < -0.4 is 5.32 Å². The number of amides is 2. The Morgan fingerprint density at radius 3 is 2.78 bits per heavy atom. The molecule has 0 unspecified atom stereocenters. The Kier molecular flexibility index (Phi) is 7.01. The van der Waals surface area contributed by atoms with Gasteiger partial charge in [-0.1, -0.05) is 0 Å². The molecule has 23 heavy (non-hydrogen) atoms. The van der Waals surface area contributed by atoms with Crippen LogP contribution in [0.5, 0.6) is 0 Å². The van der Waals surface area contributed by atoms with Crippen LogP contribution in [0.3, 0.4) is 0 Å². The number of nitriles is 1. The quantitative estimate of drug-likeness (QED) is 0.788. The second-order valence-electron chi connectivity index (χ2n) is 6.45. The van der Waals surface area contributed by atoms with E-state index in [0.29, 0.717) is 25.8 Å². The van der Waals surface area contributed by atoms with Crippen LogP contribution in [0.1, 0.15) is 46.5 Å². The number of halogens is 1. The van der Waals surface area contributed by atoms with Crippen LogP contribution in [0.4, 0.5) is 9.18 Å². The molecule has 0 bridgehead atoms. The van der Waals surface area contributed by atoms with E-state index in [4.69, 9.17) is 10.00 Å². The molecule has 7 heteroatoms. The normalized spacial score (nSPS) is 16.1. The SMILES string of the molecule is CC(C)(C)OC(=O)N[C@@H](CCCC#N)C(=O)N1CCC=C(F)C1. The fourth-order valence-electron chi connectivity index (χ4n) is 2.20. The number of nitrogens with zero attached hydrogens (tertiary/aromatic N) is 2. The zero-order valence-electron chi connectivity index (χ0n) is 13.9. The number of hydrogen-bond donors (Lipinski definition) is 1. The third-order valence-electron chi connectivity index (χ3n) is 3.19. The number of rotatable bonds is 5. The number of ether oxygens (including phenoxy) is 1. The second kappa shape index (κ2) is 8.51. The first kappa shape index (κ1) is 18.9. The molecule has 6 nitrogen and oxygen atoms in total. The Bertz CT molecular complexity index is 506. The van der Waals surface area contributed by atoms with Gasteiger partial charge in [-0.3, -0.25) is 4.79 Å². The van der Waals surface area contributed by atoms with Gasteiger partial charge in [0.2, 0.25) is 5.91 Å². The lowest BCUT2D eigenvalue weighted by atomic mass is 10.1. The van der Waals surface area contributed by atoms with E-state index in [1.165, 1.54) is 11.0 Å². The number of carbonyl (C=O) groups excluding carboxylic acids is 2. The number of carbonyl (C=O) groups is 2. The predicted octanol–water partition coefficient (Wildman–Crippen LogP) is 2.66. The van der Waals surface area contributed by atoms with E-state index in [9.17, 15) is 14.0 Å². The van der Waals surface area contributed by atoms with E-state index in [0.717, 1.165) is 0 Å². The van der Waals surface area contributed by atoms with Crippen LogP contribution in [0.15, 0.2) is 11.9 Å². The minimum atomic E-state index is -0.816. The Labute approximate surface area is 136 Å². The molecule has 1 heterocycles. The van der Waals surface area contributed by atoms with Gasteiger partial charge in [0, 0.05) is 13.0 Å². The highest BCUT2D eigenvalue weighted by molar-refractivity contribution is 5.86. The topological polar surface area (TPSA) is 82.4 Å². The standard InChI is InChI=1S/C16H24FN3O3/c1-16(2,3)23-15(22)19-13(8-4-5-9-18)14(21)20-10-6-7-12(17)11-20/h7,13H,4-6,8,10-11H2,1-3H3,(H,19,22)/t13-/m0/s1. The Hall–Kier alpha value is -2.10. The van der Waals surface area contributed by atoms with Crippen molar-refractivity contribution >= 4 is 12.0 Å². The molecule has 0 saturated carbocycles. The molecular formula is C16H24FN3O3. The summed E-state index contributed by atoms with van der Waals surface area (Å²) in [6, 6.07) is 1.19. The van der Waals surface area contributed by atoms with Gasteiger partial charge >= 0.3 is 6.09 Å². The van der Waals surface area contributed by atoms with E-state index in [2.05, 4.69) is 5.32 Å². The summed E-state index contributed by atoms with van der Waals surface area (Å²) in [5, 5.41) is 11.2. The van der Waals surface area contributed by atoms with Gasteiger partial charge in [-0.05, 0) is 46.1 Å². The highest BCUT2D eigenvalue weighted by Gasteiger charge is 2.29. The summed E-state index contributed by atoms with van der Waals surface area (Å²) in [6.07, 6.45) is 2.28. The van der Waals surface area contributed by atoms with E-state index >= 15 is 0 Å². The van der Waals surface area contributed by atoms with Gasteiger partial charge in [-0.2, -0.15) is 5.26 Å². The molecular weight excluding hydrogens is 301 g/mol. The predicted molar refractivity (Wildman–Crippen MR) is 83.0 cm³/mol. The molecule has 0 fully saturated rings. The number of hydrogen-bond acceptors (Lipinski definition) is 4. The van der Waals surface area contributed by atoms with E-state index < -0.39 is 17.7 Å². The first-order chi connectivity index (χ1) is 10.7. The Balaban J connectivity index is 2.71. The highest BCUT2D eigenvalue weighted by Crippen LogP contribution is 2.14. The Morgan fingerprint density at radius 2 is 2.22 bits per heavy atom. The summed E-state index contributed by atoms with van der Waals surface area (Å²) >= 11 is 0. The maximum Gasteiger partial charge on any atom is 0.408 e. The lowest BCUT2D eigenvalue weighted by molar-refractivity contribution is -0.133. The lowest BCUT2D eigenvalue weighted by Gasteiger charge is -2.30. The van der Waals surface area contributed by atoms with Crippen molar-refractivity contribution in [3.05, 3.63) is 11.9 Å². The van der Waals surface area contributed by atoms with Crippen molar-refractivity contribution in [3.63, 3.8) is 0 Å². The van der Waals surface area contributed by atoms with Crippen LogP contribution in [0, 0.1) is 11.3 Å². The van der Waals surface area contributed by atoms with Crippen LogP contribution in [-0.2, 0) is 9.53 Å². The first-order valence-electron chi connectivity index (χ1n) is 7.72. The molecule has 0 aromatic rings. The molecule has 0 radical (unpaired) electrons. The zero-order chi connectivity index (χ0) is 17.5. The van der Waals surface area contributed by atoms with Gasteiger partial charge in [0.15, 0.2) is 0 Å². The number of unbranched alkanes of at least 4 members (excludes halogenated alkanes) is 1. The minimum Gasteiger partial charge on any atom is -0.444 e. The van der Waals surface area contributed by atoms with Crippen molar-refractivity contribution in [3.8, 4) is 6.07 Å². The van der Waals surface area contributed by atoms with Crippen molar-refractivity contribution in [1.82, 2.24) is 10.2 Å². The summed E-state index contributed by atoms with van der Waals surface area (Å²) in [6.45, 7) is 5.51. The van der Waals surface area contributed by atoms with Crippen LogP contribution >= 0.6 is 0 Å². The van der Waals surface area contributed by atoms with Crippen LogP contribution in [0.2, 0.25) is 0 Å². The summed E-state index contributed by atoms with van der Waals surface area (Å²) in [4.78, 5) is 25.8. The smallest absolute Gasteiger partial charge is 0.408 e. The lowest BCUT2D eigenvalue weighted by Crippen LogP contribution is -2.50. The molecule has 1 N–H and O–H groups in total. The molecule has 2 amide bonds. The molecule has 0 spiro atoms. The molecule has 128 valence electrons. The van der Waals surface area contributed by atoms with Gasteiger partial charge in [0.1, 0.15) is 17.5 Å². The van der Waals surface area contributed by atoms with Gasteiger partial charge in [-0.15, -0.1) is 0 Å². The van der Waals surface area contributed by atoms with Gasteiger partial charge in [-0.25, -0.2) is 9.18 Å². The van der Waals surface area contributed by atoms with Crippen molar-refractivity contribution in [1.29, 1.82) is 5.26 Å². The summed E-state index contributed by atoms with van der Waals surface area (Å²) in [5.74, 6) is -0.699. The van der Waals surface area contributed by atoms with Crippen molar-refractivity contribution in [2.75, 3.05) is 13.1 Å². The molecule has 0 aromatic carbocycles. The fraction of sp³-hybridized carbons (Fsp3) is 0.688. The molecule has 0 aliphatic carbocycles. The van der Waals surface area contributed by atoms with Crippen LogP contribution in [0.25, 0.3) is 0 Å². The highest BCUT2D eigenvalue weighted by atomic mass is 19.1. The summed E-state index contributed by atoms with van der Waals surface area (Å²) in [7, 11) is 0. The molecule has 1 aliphatic heterocycles. The maximum absolute atomic E-state index is 13.4. The number of nitrogens with one attached hydrogen (secondary N) is 1. The largest absolute Gasteiger partial charge is 0.444 e. The molecule has 1 rings (SSSR count). The molecule has 1 aliphatic rings. The van der Waals surface area contributed by atoms with E-state index in [-0.39, 0.29) is 24.7 Å². The number of alkyl carbamates (subject to hydrolysis) is 1. The van der Waals surface area contributed by atoms with Gasteiger partial charge < -0.3 is 15.0 Å². The third kappa shape index (κ3) is 7.13. The van der Waals surface area contributed by atoms with E-state index in [1.807, 2.05) is 6.07 Å². The minimum absolute atomic E-state index is 0.0798. The van der Waals surface area contributed by atoms with Gasteiger partial charge in [0.05, 0.1) is 12.6 Å². The van der Waals surface area contributed by atoms with Gasteiger partial charge in [0.25, 0.3) is 0 Å². The van der Waals surface area contributed by atoms with Crippen molar-refractivity contribution in [2.24, 2.45) is 0 Å². The molecule has 0 aromatic heterocycles. The maximum atomic E-state index is 13.4. The van der Waals surface area contributed by atoms with Crippen molar-refractivity contribution < 1.29 is 18.7 Å². The molecule has 0 saturated heterocycles. The second-order valence-corrected chi connectivity index (χ2v) is 6.45. The summed E-state index contributed by atoms with van der Waals surface area (Å²) < 4.78 is 18.5. The van der Waals surface area contributed by atoms with E-state index in [1.54, 1.807) is 20.8 Å². The monoisotopic (exact) mass is 325 g/mol. The average molecular weight is 325 g/mol. The molecule has 1 atom stereocenters. The average Bonchev–Trinajstić information content (AvgIpc) is 2.43. The fourth-order valence-corrected chi connectivity index (χ4v) is 2.20. The summed E-state index contributed by atoms with van der Waals surface area (Å²) in [5.41, 5.74) is -0.676. The zero-order valence-corrected chi connectivity index (χ0v) is 13.9. The third-order valence-corrected chi connectivity index (χ3v) is 3.19. The van der Waals surface area contributed by atoms with Crippen molar-refractivity contribution in [2.45, 2.75) is 58.1 Å². The Morgan fingerprint density at radius 1 is 1.52 bits per heavy atom. The van der Waals surface area contributed by atoms with Crippen LogP contribution in [-0.4, -0.2) is 41.6 Å². The first-order valence-corrected chi connectivity index (χ1v) is 7.72.